The highest BCUT2D eigenvalue weighted by atomic mass is 35.5. The second-order valence-electron chi connectivity index (χ2n) is 5.82. The maximum Gasteiger partial charge on any atom is 0.273 e. The molecule has 1 aliphatic heterocycles. The molecule has 6 nitrogen and oxygen atoms in total. The molecule has 1 amide bonds. The zero-order valence-corrected chi connectivity index (χ0v) is 18.0. The van der Waals surface area contributed by atoms with Crippen LogP contribution in [-0.2, 0) is 19.4 Å². The molecule has 26 heavy (non-hydrogen) atoms. The number of carbonyl (C=O) groups is 1. The van der Waals surface area contributed by atoms with Crippen molar-refractivity contribution in [1.29, 1.82) is 0 Å². The monoisotopic (exact) mass is 437 g/mol. The molecule has 0 bridgehead atoms. The van der Waals surface area contributed by atoms with Gasteiger partial charge in [0.15, 0.2) is 0 Å². The van der Waals surface area contributed by atoms with E-state index in [1.165, 1.54) is 16.3 Å². The lowest BCUT2D eigenvalue weighted by molar-refractivity contribution is 0.0622. The number of carbonyl (C=O) groups excluding carboxylic acids is 1. The van der Waals surface area contributed by atoms with E-state index in [4.69, 9.17) is 5.73 Å². The second kappa shape index (κ2) is 11.2. The van der Waals surface area contributed by atoms with Crippen LogP contribution in [0.15, 0.2) is 10.8 Å². The predicted molar refractivity (Wildman–Crippen MR) is 112 cm³/mol. The van der Waals surface area contributed by atoms with Gasteiger partial charge in [0, 0.05) is 49.9 Å². The first-order chi connectivity index (χ1) is 11.7. The molecule has 0 atom stereocenters. The van der Waals surface area contributed by atoms with E-state index >= 15 is 0 Å². The molecule has 2 aromatic rings. The number of hydrogen-bond donors (Lipinski definition) is 1. The van der Waals surface area contributed by atoms with Crippen LogP contribution in [0.1, 0.15) is 33.1 Å². The molecule has 0 saturated carbocycles. The van der Waals surface area contributed by atoms with Gasteiger partial charge in [0.05, 0.1) is 15.7 Å². The van der Waals surface area contributed by atoms with Crippen LogP contribution in [0.5, 0.6) is 0 Å². The Balaban J connectivity index is 0.00000169. The number of nitrogens with two attached hydrogens (primary N) is 1. The van der Waals surface area contributed by atoms with E-state index in [0.29, 0.717) is 12.2 Å². The topological polar surface area (TPSA) is 75.4 Å². The van der Waals surface area contributed by atoms with E-state index in [1.807, 2.05) is 10.3 Å². The van der Waals surface area contributed by atoms with Gasteiger partial charge in [0.25, 0.3) is 5.91 Å². The highest BCUT2D eigenvalue weighted by Gasteiger charge is 2.24. The number of amides is 1. The van der Waals surface area contributed by atoms with Gasteiger partial charge in [-0.1, -0.05) is 6.92 Å². The van der Waals surface area contributed by atoms with Gasteiger partial charge in [0.2, 0.25) is 0 Å². The molecule has 0 spiro atoms. The van der Waals surface area contributed by atoms with E-state index in [1.54, 1.807) is 11.3 Å². The summed E-state index contributed by atoms with van der Waals surface area (Å²) in [5.74, 6) is 0.0381. The van der Waals surface area contributed by atoms with Crippen molar-refractivity contribution >= 4 is 53.4 Å². The van der Waals surface area contributed by atoms with Crippen molar-refractivity contribution in [3.8, 4) is 0 Å². The fourth-order valence-electron chi connectivity index (χ4n) is 2.73. The number of piperazine rings is 1. The summed E-state index contributed by atoms with van der Waals surface area (Å²) in [7, 11) is 0. The second-order valence-corrected chi connectivity index (χ2v) is 7.70. The van der Waals surface area contributed by atoms with Crippen LogP contribution in [-0.4, -0.2) is 58.4 Å². The van der Waals surface area contributed by atoms with Crippen LogP contribution in [0.25, 0.3) is 0 Å². The van der Waals surface area contributed by atoms with E-state index in [-0.39, 0.29) is 30.7 Å². The highest BCUT2D eigenvalue weighted by Crippen LogP contribution is 2.16. The average Bonchev–Trinajstić information content (AvgIpc) is 3.25. The van der Waals surface area contributed by atoms with Gasteiger partial charge in [-0.05, 0) is 13.0 Å². The molecule has 0 unspecified atom stereocenters. The average molecular weight is 438 g/mol. The van der Waals surface area contributed by atoms with Crippen LogP contribution in [0.4, 0.5) is 0 Å². The summed E-state index contributed by atoms with van der Waals surface area (Å²) in [6.45, 7) is 6.81. The molecule has 146 valence electrons. The van der Waals surface area contributed by atoms with Crippen molar-refractivity contribution in [3.63, 3.8) is 0 Å². The van der Waals surface area contributed by atoms with Gasteiger partial charge in [-0.15, -0.1) is 47.5 Å². The fourth-order valence-corrected chi connectivity index (χ4v) is 4.26. The molecule has 2 aromatic heterocycles. The van der Waals surface area contributed by atoms with Crippen molar-refractivity contribution in [2.75, 3.05) is 32.7 Å². The Morgan fingerprint density at radius 3 is 2.42 bits per heavy atom. The van der Waals surface area contributed by atoms with Gasteiger partial charge in [-0.3, -0.25) is 9.69 Å². The van der Waals surface area contributed by atoms with Crippen LogP contribution in [0, 0.1) is 0 Å². The first-order valence-corrected chi connectivity index (χ1v) is 10.0. The third kappa shape index (κ3) is 5.87. The van der Waals surface area contributed by atoms with Gasteiger partial charge >= 0.3 is 0 Å². The van der Waals surface area contributed by atoms with Crippen molar-refractivity contribution in [2.24, 2.45) is 5.73 Å². The SMILES string of the molecule is CCc1nc(CN2CCN(C(=O)c3csc(CCN)n3)CC2)cs1.Cl.Cl. The number of halogens is 2. The number of hydrogen-bond acceptors (Lipinski definition) is 7. The molecule has 3 heterocycles. The Morgan fingerprint density at radius 2 is 1.81 bits per heavy atom. The van der Waals surface area contributed by atoms with Crippen LogP contribution < -0.4 is 5.73 Å². The zero-order chi connectivity index (χ0) is 16.9. The number of thiazole rings is 2. The fraction of sp³-hybridized carbons (Fsp3) is 0.562. The molecule has 1 fully saturated rings. The minimum Gasteiger partial charge on any atom is -0.335 e. The lowest BCUT2D eigenvalue weighted by Crippen LogP contribution is -2.48. The van der Waals surface area contributed by atoms with Crippen molar-refractivity contribution < 1.29 is 4.79 Å². The summed E-state index contributed by atoms with van der Waals surface area (Å²) >= 11 is 3.25. The Bertz CT molecular complexity index is 686. The van der Waals surface area contributed by atoms with E-state index in [2.05, 4.69) is 27.2 Å². The molecule has 0 radical (unpaired) electrons. The van der Waals surface area contributed by atoms with E-state index in [9.17, 15) is 4.79 Å². The number of aryl methyl sites for hydroxylation is 1. The van der Waals surface area contributed by atoms with Crippen molar-refractivity contribution in [1.82, 2.24) is 19.8 Å². The summed E-state index contributed by atoms with van der Waals surface area (Å²) in [4.78, 5) is 25.8. The van der Waals surface area contributed by atoms with Gasteiger partial charge in [0.1, 0.15) is 5.69 Å². The number of rotatable bonds is 6. The lowest BCUT2D eigenvalue weighted by Gasteiger charge is -2.34. The molecule has 3 rings (SSSR count). The van der Waals surface area contributed by atoms with Crippen LogP contribution >= 0.6 is 47.5 Å². The summed E-state index contributed by atoms with van der Waals surface area (Å²) < 4.78 is 0. The Hall–Kier alpha value is -0.770. The van der Waals surface area contributed by atoms with Gasteiger partial charge < -0.3 is 10.6 Å². The molecule has 1 aliphatic rings. The van der Waals surface area contributed by atoms with Gasteiger partial charge in [-0.2, -0.15) is 0 Å². The summed E-state index contributed by atoms with van der Waals surface area (Å²) in [6, 6.07) is 0. The summed E-state index contributed by atoms with van der Waals surface area (Å²) in [6.07, 6.45) is 1.73. The number of aromatic nitrogens is 2. The summed E-state index contributed by atoms with van der Waals surface area (Å²) in [5, 5.41) is 6.12. The van der Waals surface area contributed by atoms with Crippen LogP contribution in [0.2, 0.25) is 0 Å². The summed E-state index contributed by atoms with van der Waals surface area (Å²) in [5.41, 5.74) is 7.24. The Labute approximate surface area is 174 Å². The number of nitrogens with zero attached hydrogens (tertiary/aromatic N) is 4. The maximum atomic E-state index is 12.5. The maximum absolute atomic E-state index is 12.5. The third-order valence-electron chi connectivity index (χ3n) is 4.08. The van der Waals surface area contributed by atoms with E-state index in [0.717, 1.165) is 56.3 Å². The molecule has 0 aliphatic carbocycles. The minimum absolute atomic E-state index is 0. The van der Waals surface area contributed by atoms with Crippen molar-refractivity contribution in [2.45, 2.75) is 26.3 Å². The largest absolute Gasteiger partial charge is 0.335 e. The minimum atomic E-state index is 0. The highest BCUT2D eigenvalue weighted by molar-refractivity contribution is 7.10. The predicted octanol–water partition coefficient (Wildman–Crippen LogP) is 2.46. The first kappa shape index (κ1) is 23.3. The van der Waals surface area contributed by atoms with Crippen molar-refractivity contribution in [3.05, 3.63) is 32.2 Å². The third-order valence-corrected chi connectivity index (χ3v) is 6.03. The molecule has 1 saturated heterocycles. The first-order valence-electron chi connectivity index (χ1n) is 8.29. The molecule has 2 N–H and O–H groups in total. The Morgan fingerprint density at radius 1 is 1.12 bits per heavy atom. The Kier molecular flexibility index (Phi) is 9.99. The standard InChI is InChI=1S/C16H23N5OS2.2ClH/c1-2-14-18-12(10-23-14)9-20-5-7-21(8-6-20)16(22)13-11-24-15(19-13)3-4-17;;/h10-11H,2-9,17H2,1H3;2*1H. The molecule has 0 aromatic carbocycles. The zero-order valence-electron chi connectivity index (χ0n) is 14.7. The normalized spacial score (nSPS) is 14.6. The van der Waals surface area contributed by atoms with Crippen LogP contribution in [0.3, 0.4) is 0 Å². The smallest absolute Gasteiger partial charge is 0.273 e. The lowest BCUT2D eigenvalue weighted by atomic mass is 10.2. The quantitative estimate of drug-likeness (QED) is 0.750. The molecular formula is C16H25Cl2N5OS2. The molecule has 10 heteroatoms. The van der Waals surface area contributed by atoms with E-state index < -0.39 is 0 Å². The van der Waals surface area contributed by atoms with Gasteiger partial charge in [-0.25, -0.2) is 9.97 Å². The molecular weight excluding hydrogens is 413 g/mol.